The van der Waals surface area contributed by atoms with Gasteiger partial charge in [-0.2, -0.15) is 0 Å². The van der Waals surface area contributed by atoms with Crippen molar-refractivity contribution < 1.29 is 5.11 Å². The molecule has 1 aromatic heterocycles. The number of halogens is 3. The molecule has 1 aromatic rings. The van der Waals surface area contributed by atoms with Crippen LogP contribution >= 0.6 is 34.8 Å². The van der Waals surface area contributed by atoms with Crippen molar-refractivity contribution in [2.45, 2.75) is 16.3 Å². The highest BCUT2D eigenvalue weighted by Gasteiger charge is 2.45. The molecule has 0 aliphatic heterocycles. The van der Waals surface area contributed by atoms with Gasteiger partial charge in [-0.1, -0.05) is 40.9 Å². The lowest BCUT2D eigenvalue weighted by atomic mass is 10.0. The fourth-order valence-electron chi connectivity index (χ4n) is 0.796. The number of aromatic nitrogens is 1. The predicted molar refractivity (Wildman–Crippen MR) is 54.1 cm³/mol. The van der Waals surface area contributed by atoms with E-state index < -0.39 is 9.39 Å². The van der Waals surface area contributed by atoms with Crippen molar-refractivity contribution in [2.24, 2.45) is 0 Å². The van der Waals surface area contributed by atoms with Crippen molar-refractivity contribution in [3.8, 4) is 0 Å². The summed E-state index contributed by atoms with van der Waals surface area (Å²) in [5, 5.41) is 9.86. The van der Waals surface area contributed by atoms with Crippen molar-refractivity contribution in [1.29, 1.82) is 0 Å². The van der Waals surface area contributed by atoms with Gasteiger partial charge in [0.15, 0.2) is 5.60 Å². The van der Waals surface area contributed by atoms with Gasteiger partial charge in [-0.15, -0.1) is 0 Å². The highest BCUT2D eigenvalue weighted by atomic mass is 35.6. The van der Waals surface area contributed by atoms with Crippen LogP contribution < -0.4 is 0 Å². The molecule has 0 fully saturated rings. The summed E-state index contributed by atoms with van der Waals surface area (Å²) in [5.74, 6) is 0. The Morgan fingerprint density at radius 3 is 2.31 bits per heavy atom. The van der Waals surface area contributed by atoms with Gasteiger partial charge >= 0.3 is 0 Å². The van der Waals surface area contributed by atoms with Crippen molar-refractivity contribution in [3.05, 3.63) is 30.1 Å². The summed E-state index contributed by atoms with van der Waals surface area (Å²) in [6.45, 7) is 1.41. The molecule has 1 heterocycles. The lowest BCUT2D eigenvalue weighted by Gasteiger charge is -2.29. The molecule has 0 saturated carbocycles. The Kier molecular flexibility index (Phi) is 3.08. The Bertz CT molecular complexity index is 281. The smallest absolute Gasteiger partial charge is 0.224 e. The van der Waals surface area contributed by atoms with E-state index in [2.05, 4.69) is 4.98 Å². The van der Waals surface area contributed by atoms with Crippen LogP contribution in [0.4, 0.5) is 0 Å². The summed E-state index contributed by atoms with van der Waals surface area (Å²) >= 11 is 16.8. The zero-order valence-corrected chi connectivity index (χ0v) is 9.11. The number of hydrogen-bond acceptors (Lipinski definition) is 2. The molecule has 0 aliphatic rings. The third-order valence-corrected chi connectivity index (χ3v) is 2.82. The molecule has 0 amide bonds. The van der Waals surface area contributed by atoms with Gasteiger partial charge < -0.3 is 5.11 Å². The van der Waals surface area contributed by atoms with Crippen LogP contribution in [0.25, 0.3) is 0 Å². The minimum absolute atomic E-state index is 0.329. The van der Waals surface area contributed by atoms with Gasteiger partial charge in [-0.3, -0.25) is 4.98 Å². The van der Waals surface area contributed by atoms with E-state index in [1.807, 2.05) is 0 Å². The van der Waals surface area contributed by atoms with Gasteiger partial charge in [0.25, 0.3) is 0 Å². The number of pyridine rings is 1. The lowest BCUT2D eigenvalue weighted by Crippen LogP contribution is -2.37. The molecule has 13 heavy (non-hydrogen) atoms. The van der Waals surface area contributed by atoms with Crippen molar-refractivity contribution in [2.75, 3.05) is 0 Å². The largest absolute Gasteiger partial charge is 0.379 e. The Morgan fingerprint density at radius 1 is 1.31 bits per heavy atom. The van der Waals surface area contributed by atoms with Crippen molar-refractivity contribution in [1.82, 2.24) is 4.98 Å². The van der Waals surface area contributed by atoms with Crippen LogP contribution in [0.15, 0.2) is 24.4 Å². The average Bonchev–Trinajstić information content (AvgIpc) is 2.04. The third-order valence-electron chi connectivity index (χ3n) is 1.72. The number of rotatable bonds is 1. The molecule has 2 nitrogen and oxygen atoms in total. The summed E-state index contributed by atoms with van der Waals surface area (Å²) in [7, 11) is 0. The lowest BCUT2D eigenvalue weighted by molar-refractivity contribution is 0.0568. The van der Waals surface area contributed by atoms with Gasteiger partial charge in [-0.05, 0) is 19.1 Å². The Labute approximate surface area is 91.4 Å². The van der Waals surface area contributed by atoms with Crippen LogP contribution in [-0.2, 0) is 5.60 Å². The van der Waals surface area contributed by atoms with E-state index in [1.54, 1.807) is 18.2 Å². The predicted octanol–water partition coefficient (Wildman–Crippen LogP) is 2.66. The molecule has 0 aromatic carbocycles. The second-order valence-corrected chi connectivity index (χ2v) is 5.07. The highest BCUT2D eigenvalue weighted by molar-refractivity contribution is 6.68. The molecule has 0 radical (unpaired) electrons. The fourth-order valence-corrected chi connectivity index (χ4v) is 1.09. The molecular formula is C8H8Cl3NO. The maximum atomic E-state index is 9.86. The van der Waals surface area contributed by atoms with Crippen LogP contribution in [0.5, 0.6) is 0 Å². The molecule has 0 aliphatic carbocycles. The van der Waals surface area contributed by atoms with E-state index in [4.69, 9.17) is 34.8 Å². The molecule has 0 spiro atoms. The van der Waals surface area contributed by atoms with Crippen LogP contribution in [0.1, 0.15) is 12.6 Å². The minimum atomic E-state index is -1.79. The van der Waals surface area contributed by atoms with E-state index in [9.17, 15) is 5.11 Å². The van der Waals surface area contributed by atoms with Gasteiger partial charge in [0.1, 0.15) is 0 Å². The van der Waals surface area contributed by atoms with Crippen LogP contribution in [0.2, 0.25) is 0 Å². The minimum Gasteiger partial charge on any atom is -0.379 e. The highest BCUT2D eigenvalue weighted by Crippen LogP contribution is 2.43. The Balaban J connectivity index is 3.08. The van der Waals surface area contributed by atoms with E-state index in [-0.39, 0.29) is 0 Å². The first-order chi connectivity index (χ1) is 5.86. The zero-order chi connectivity index (χ0) is 10.1. The second-order valence-electron chi connectivity index (χ2n) is 2.78. The number of aliphatic hydroxyl groups is 1. The monoisotopic (exact) mass is 239 g/mol. The number of alkyl halides is 3. The Hall–Kier alpha value is -0.0200. The van der Waals surface area contributed by atoms with Gasteiger partial charge in [0, 0.05) is 6.20 Å². The quantitative estimate of drug-likeness (QED) is 0.766. The first-order valence-electron chi connectivity index (χ1n) is 3.56. The Morgan fingerprint density at radius 2 is 1.92 bits per heavy atom. The summed E-state index contributed by atoms with van der Waals surface area (Å²) in [5.41, 5.74) is -1.26. The summed E-state index contributed by atoms with van der Waals surface area (Å²) in [4.78, 5) is 3.91. The summed E-state index contributed by atoms with van der Waals surface area (Å²) < 4.78 is -1.79. The third kappa shape index (κ3) is 2.26. The normalized spacial score (nSPS) is 16.7. The molecule has 0 saturated heterocycles. The molecular weight excluding hydrogens is 232 g/mol. The van der Waals surface area contributed by atoms with E-state index in [1.165, 1.54) is 13.1 Å². The topological polar surface area (TPSA) is 33.1 Å². The summed E-state index contributed by atoms with van der Waals surface area (Å²) in [6, 6.07) is 5.03. The molecule has 72 valence electrons. The molecule has 1 N–H and O–H groups in total. The van der Waals surface area contributed by atoms with Crippen molar-refractivity contribution >= 4 is 34.8 Å². The number of nitrogens with zero attached hydrogens (tertiary/aromatic N) is 1. The van der Waals surface area contributed by atoms with E-state index >= 15 is 0 Å². The maximum Gasteiger partial charge on any atom is 0.224 e. The molecule has 1 rings (SSSR count). The van der Waals surface area contributed by atoms with Crippen molar-refractivity contribution in [3.63, 3.8) is 0 Å². The van der Waals surface area contributed by atoms with Crippen LogP contribution in [0.3, 0.4) is 0 Å². The van der Waals surface area contributed by atoms with E-state index in [0.717, 1.165) is 0 Å². The maximum absolute atomic E-state index is 9.86. The second kappa shape index (κ2) is 3.62. The average molecular weight is 241 g/mol. The standard InChI is InChI=1S/C8H8Cl3NO/c1-7(13,8(9,10)11)6-4-2-3-5-12-6/h2-5,13H,1H3. The molecule has 0 bridgehead atoms. The van der Waals surface area contributed by atoms with Crippen LogP contribution in [0, 0.1) is 0 Å². The fraction of sp³-hybridized carbons (Fsp3) is 0.375. The van der Waals surface area contributed by atoms with Gasteiger partial charge in [-0.25, -0.2) is 0 Å². The van der Waals surface area contributed by atoms with Gasteiger partial charge in [0.2, 0.25) is 3.79 Å². The van der Waals surface area contributed by atoms with Gasteiger partial charge in [0.05, 0.1) is 5.69 Å². The number of hydrogen-bond donors (Lipinski definition) is 1. The molecule has 1 unspecified atom stereocenters. The van der Waals surface area contributed by atoms with E-state index in [0.29, 0.717) is 5.69 Å². The zero-order valence-electron chi connectivity index (χ0n) is 6.84. The van der Waals surface area contributed by atoms with Crippen LogP contribution in [-0.4, -0.2) is 13.9 Å². The molecule has 1 atom stereocenters. The first kappa shape index (κ1) is 11.1. The SMILES string of the molecule is CC(O)(c1ccccn1)C(Cl)(Cl)Cl. The summed E-state index contributed by atoms with van der Waals surface area (Å²) in [6.07, 6.45) is 1.53. The molecule has 5 heteroatoms. The first-order valence-corrected chi connectivity index (χ1v) is 4.69.